The molecule has 0 unspecified atom stereocenters. The summed E-state index contributed by atoms with van der Waals surface area (Å²) in [6, 6.07) is 13.1. The van der Waals surface area contributed by atoms with Crippen molar-refractivity contribution in [1.82, 2.24) is 4.31 Å². The fourth-order valence-corrected chi connectivity index (χ4v) is 4.47. The monoisotopic (exact) mass is 389 g/mol. The van der Waals surface area contributed by atoms with Gasteiger partial charge >= 0.3 is 5.97 Å². The fraction of sp³-hybridized carbons (Fsp3) is 0.350. The van der Waals surface area contributed by atoms with Crippen molar-refractivity contribution in [3.8, 4) is 5.75 Å². The molecule has 144 valence electrons. The van der Waals surface area contributed by atoms with Crippen LogP contribution in [0, 0.1) is 0 Å². The van der Waals surface area contributed by atoms with Crippen molar-refractivity contribution in [2.24, 2.45) is 0 Å². The summed E-state index contributed by atoms with van der Waals surface area (Å²) in [7, 11) is -1.83. The van der Waals surface area contributed by atoms with E-state index in [0.29, 0.717) is 31.0 Å². The minimum Gasteiger partial charge on any atom is -0.423 e. The molecule has 0 saturated carbocycles. The number of esters is 1. The van der Waals surface area contributed by atoms with E-state index >= 15 is 0 Å². The standard InChI is InChI=1S/C20H23NO5S/c1-25-15-12-16-4-8-18(9-5-16)26-20(22)17-6-10-19(11-7-17)27(23,24)21-13-2-3-14-21/h4-11H,2-3,12-15H2,1H3. The number of nitrogens with zero attached hydrogens (tertiary/aromatic N) is 1. The highest BCUT2D eigenvalue weighted by Gasteiger charge is 2.27. The van der Waals surface area contributed by atoms with Crippen LogP contribution >= 0.6 is 0 Å². The van der Waals surface area contributed by atoms with E-state index in [1.54, 1.807) is 19.2 Å². The lowest BCUT2D eigenvalue weighted by atomic mass is 10.1. The van der Waals surface area contributed by atoms with Crippen LogP contribution in [-0.4, -0.2) is 45.5 Å². The molecule has 0 aliphatic carbocycles. The molecule has 6 nitrogen and oxygen atoms in total. The van der Waals surface area contributed by atoms with Crippen LogP contribution in [0.15, 0.2) is 53.4 Å². The molecule has 7 heteroatoms. The number of ether oxygens (including phenoxy) is 2. The Morgan fingerprint density at radius 2 is 1.63 bits per heavy atom. The van der Waals surface area contributed by atoms with Gasteiger partial charge in [0.2, 0.25) is 10.0 Å². The molecular weight excluding hydrogens is 366 g/mol. The summed E-state index contributed by atoms with van der Waals surface area (Å²) in [4.78, 5) is 12.5. The quantitative estimate of drug-likeness (QED) is 0.538. The summed E-state index contributed by atoms with van der Waals surface area (Å²) in [6.45, 7) is 1.73. The maximum absolute atomic E-state index is 12.5. The summed E-state index contributed by atoms with van der Waals surface area (Å²) in [5.41, 5.74) is 1.40. The predicted octanol–water partition coefficient (Wildman–Crippen LogP) is 2.88. The van der Waals surface area contributed by atoms with Crippen molar-refractivity contribution in [2.45, 2.75) is 24.2 Å². The third-order valence-corrected chi connectivity index (χ3v) is 6.43. The van der Waals surface area contributed by atoms with Gasteiger partial charge in [-0.2, -0.15) is 4.31 Å². The normalized spacial score (nSPS) is 15.0. The number of sulfonamides is 1. The van der Waals surface area contributed by atoms with Crippen molar-refractivity contribution in [3.05, 3.63) is 59.7 Å². The first kappa shape index (κ1) is 19.5. The predicted molar refractivity (Wildman–Crippen MR) is 101 cm³/mol. The van der Waals surface area contributed by atoms with E-state index in [-0.39, 0.29) is 4.90 Å². The average molecular weight is 389 g/mol. The second-order valence-electron chi connectivity index (χ2n) is 6.41. The number of hydrogen-bond donors (Lipinski definition) is 0. The Morgan fingerprint density at radius 3 is 2.22 bits per heavy atom. The van der Waals surface area contributed by atoms with Crippen LogP contribution in [0.1, 0.15) is 28.8 Å². The first-order chi connectivity index (χ1) is 13.0. The highest BCUT2D eigenvalue weighted by molar-refractivity contribution is 7.89. The van der Waals surface area contributed by atoms with Crippen molar-refractivity contribution in [3.63, 3.8) is 0 Å². The van der Waals surface area contributed by atoms with Gasteiger partial charge in [0.25, 0.3) is 0 Å². The second kappa shape index (κ2) is 8.65. The van der Waals surface area contributed by atoms with E-state index in [9.17, 15) is 13.2 Å². The van der Waals surface area contributed by atoms with Crippen molar-refractivity contribution in [2.75, 3.05) is 26.8 Å². The van der Waals surface area contributed by atoms with E-state index in [1.165, 1.54) is 28.6 Å². The highest BCUT2D eigenvalue weighted by Crippen LogP contribution is 2.22. The summed E-state index contributed by atoms with van der Waals surface area (Å²) in [5, 5.41) is 0. The SMILES string of the molecule is COCCc1ccc(OC(=O)c2ccc(S(=O)(=O)N3CCCC3)cc2)cc1. The maximum Gasteiger partial charge on any atom is 0.343 e. The summed E-state index contributed by atoms with van der Waals surface area (Å²) >= 11 is 0. The Labute approximate surface area is 159 Å². The van der Waals surface area contributed by atoms with Gasteiger partial charge in [0, 0.05) is 20.2 Å². The molecular formula is C20H23NO5S. The van der Waals surface area contributed by atoms with Crippen LogP contribution in [-0.2, 0) is 21.2 Å². The molecule has 0 aromatic heterocycles. The van der Waals surface area contributed by atoms with Crippen LogP contribution in [0.25, 0.3) is 0 Å². The Bertz CT molecular complexity index is 870. The largest absolute Gasteiger partial charge is 0.423 e. The van der Waals surface area contributed by atoms with Gasteiger partial charge in [-0.15, -0.1) is 0 Å². The molecule has 3 rings (SSSR count). The lowest BCUT2D eigenvalue weighted by molar-refractivity contribution is 0.0734. The zero-order valence-electron chi connectivity index (χ0n) is 15.3. The number of benzene rings is 2. The van der Waals surface area contributed by atoms with Crippen LogP contribution in [0.2, 0.25) is 0 Å². The molecule has 1 fully saturated rings. The molecule has 27 heavy (non-hydrogen) atoms. The lowest BCUT2D eigenvalue weighted by Gasteiger charge is -2.15. The Balaban J connectivity index is 1.65. The average Bonchev–Trinajstić information content (AvgIpc) is 3.23. The van der Waals surface area contributed by atoms with E-state index in [4.69, 9.17) is 9.47 Å². The van der Waals surface area contributed by atoms with E-state index in [1.807, 2.05) is 12.1 Å². The highest BCUT2D eigenvalue weighted by atomic mass is 32.2. The number of methoxy groups -OCH3 is 1. The molecule has 1 saturated heterocycles. The van der Waals surface area contributed by atoms with Crippen LogP contribution < -0.4 is 4.74 Å². The van der Waals surface area contributed by atoms with Crippen molar-refractivity contribution in [1.29, 1.82) is 0 Å². The zero-order valence-corrected chi connectivity index (χ0v) is 16.1. The molecule has 0 amide bonds. The Hall–Kier alpha value is -2.22. The molecule has 2 aromatic rings. The third kappa shape index (κ3) is 4.74. The van der Waals surface area contributed by atoms with Crippen LogP contribution in [0.4, 0.5) is 0 Å². The topological polar surface area (TPSA) is 72.9 Å². The lowest BCUT2D eigenvalue weighted by Crippen LogP contribution is -2.27. The van der Waals surface area contributed by atoms with Gasteiger partial charge in [-0.3, -0.25) is 0 Å². The first-order valence-electron chi connectivity index (χ1n) is 8.91. The molecule has 0 atom stereocenters. The molecule has 0 radical (unpaired) electrons. The van der Waals surface area contributed by atoms with Gasteiger partial charge < -0.3 is 9.47 Å². The zero-order chi connectivity index (χ0) is 19.3. The van der Waals surface area contributed by atoms with E-state index in [2.05, 4.69) is 0 Å². The number of rotatable bonds is 7. The summed E-state index contributed by atoms with van der Waals surface area (Å²) in [6.07, 6.45) is 2.56. The molecule has 0 bridgehead atoms. The van der Waals surface area contributed by atoms with E-state index in [0.717, 1.165) is 24.8 Å². The molecule has 0 spiro atoms. The third-order valence-electron chi connectivity index (χ3n) is 4.52. The van der Waals surface area contributed by atoms with Gasteiger partial charge in [-0.05, 0) is 61.2 Å². The molecule has 1 aliphatic heterocycles. The van der Waals surface area contributed by atoms with Gasteiger partial charge in [0.05, 0.1) is 17.1 Å². The Kier molecular flexibility index (Phi) is 6.26. The summed E-state index contributed by atoms with van der Waals surface area (Å²) in [5.74, 6) is -0.0836. The van der Waals surface area contributed by atoms with Gasteiger partial charge in [0.15, 0.2) is 0 Å². The van der Waals surface area contributed by atoms with Crippen LogP contribution in [0.5, 0.6) is 5.75 Å². The van der Waals surface area contributed by atoms with Gasteiger partial charge in [-0.25, -0.2) is 13.2 Å². The minimum absolute atomic E-state index is 0.198. The van der Waals surface area contributed by atoms with Gasteiger partial charge in [0.1, 0.15) is 5.75 Å². The number of carbonyl (C=O) groups excluding carboxylic acids is 1. The smallest absolute Gasteiger partial charge is 0.343 e. The maximum atomic E-state index is 12.5. The molecule has 0 N–H and O–H groups in total. The van der Waals surface area contributed by atoms with E-state index < -0.39 is 16.0 Å². The molecule has 2 aromatic carbocycles. The Morgan fingerprint density at radius 1 is 1.00 bits per heavy atom. The molecule has 1 aliphatic rings. The van der Waals surface area contributed by atoms with Crippen molar-refractivity contribution < 1.29 is 22.7 Å². The fourth-order valence-electron chi connectivity index (χ4n) is 2.95. The number of hydrogen-bond acceptors (Lipinski definition) is 5. The second-order valence-corrected chi connectivity index (χ2v) is 8.35. The minimum atomic E-state index is -3.48. The number of carbonyl (C=O) groups is 1. The summed E-state index contributed by atoms with van der Waals surface area (Å²) < 4.78 is 36.9. The van der Waals surface area contributed by atoms with Crippen molar-refractivity contribution >= 4 is 16.0 Å². The molecule has 1 heterocycles. The van der Waals surface area contributed by atoms with Crippen LogP contribution in [0.3, 0.4) is 0 Å². The first-order valence-corrected chi connectivity index (χ1v) is 10.3. The van der Waals surface area contributed by atoms with Gasteiger partial charge in [-0.1, -0.05) is 12.1 Å².